The third-order valence-electron chi connectivity index (χ3n) is 4.28. The van der Waals surface area contributed by atoms with Crippen LogP contribution >= 0.6 is 0 Å². The molecule has 1 heterocycles. The smallest absolute Gasteiger partial charge is 0.715 e. The van der Waals surface area contributed by atoms with Crippen molar-refractivity contribution in [1.82, 2.24) is 5.06 Å². The molecule has 2 rings (SSSR count). The van der Waals surface area contributed by atoms with E-state index in [0.29, 0.717) is 15.4 Å². The van der Waals surface area contributed by atoms with E-state index in [1.807, 2.05) is 0 Å². The maximum atomic E-state index is 12.4. The molecule has 6 nitrogen and oxygen atoms in total. The average molecular weight is 299 g/mol. The molecule has 0 unspecified atom stereocenters. The van der Waals surface area contributed by atoms with Crippen LogP contribution in [0.5, 0.6) is 0 Å². The van der Waals surface area contributed by atoms with Crippen molar-refractivity contribution in [2.75, 3.05) is 0 Å². The Kier molecular flexibility index (Phi) is 4.80. The van der Waals surface area contributed by atoms with Gasteiger partial charge in [-0.25, -0.2) is 0 Å². The number of amidine groups is 1. The number of carbonyl (C=O) groups excluding carboxylic acids is 1. The Balaban J connectivity index is 0.00000220. The van der Waals surface area contributed by atoms with Crippen LogP contribution in [-0.4, -0.2) is 32.7 Å². The van der Waals surface area contributed by atoms with Crippen molar-refractivity contribution in [2.45, 2.75) is 38.8 Å². The largest absolute Gasteiger partial charge is 1.00 e. The molecule has 0 saturated carbocycles. The fourth-order valence-corrected chi connectivity index (χ4v) is 2.10. The third kappa shape index (κ3) is 2.57. The first-order valence-corrected chi connectivity index (χ1v) is 6.24. The Bertz CT molecular complexity index is 593. The van der Waals surface area contributed by atoms with Crippen molar-refractivity contribution < 1.29 is 44.2 Å². The first-order chi connectivity index (χ1) is 9.10. The molecule has 0 aliphatic carbocycles. The second-order valence-corrected chi connectivity index (χ2v) is 5.90. The van der Waals surface area contributed by atoms with Gasteiger partial charge in [0, 0.05) is 0 Å². The van der Waals surface area contributed by atoms with Crippen LogP contribution in [0, 0.1) is 10.4 Å². The van der Waals surface area contributed by atoms with Gasteiger partial charge in [-0.05, 0) is 45.4 Å². The van der Waals surface area contributed by atoms with Gasteiger partial charge in [0.05, 0.1) is 11.5 Å². The van der Waals surface area contributed by atoms with Gasteiger partial charge in [-0.2, -0.15) is 0 Å². The summed E-state index contributed by atoms with van der Waals surface area (Å²) in [6.07, 6.45) is 0. The van der Waals surface area contributed by atoms with Gasteiger partial charge in [-0.1, -0.05) is 12.1 Å². The first-order valence-electron chi connectivity index (χ1n) is 6.24. The van der Waals surface area contributed by atoms with Crippen molar-refractivity contribution in [3.05, 3.63) is 45.8 Å². The first kappa shape index (κ1) is 18.0. The van der Waals surface area contributed by atoms with E-state index in [2.05, 4.69) is 0 Å². The predicted molar refractivity (Wildman–Crippen MR) is 71.9 cm³/mol. The number of hydrogen-bond donors (Lipinski definition) is 0. The summed E-state index contributed by atoms with van der Waals surface area (Å²) in [4.78, 5) is 10.7. The minimum Gasteiger partial charge on any atom is -0.715 e. The van der Waals surface area contributed by atoms with Gasteiger partial charge in [-0.3, -0.25) is 9.80 Å². The van der Waals surface area contributed by atoms with E-state index in [4.69, 9.17) is 0 Å². The van der Waals surface area contributed by atoms with E-state index in [-0.39, 0.29) is 41.0 Å². The summed E-state index contributed by atoms with van der Waals surface area (Å²) in [5.41, 5.74) is -1.40. The zero-order valence-corrected chi connectivity index (χ0v) is 14.8. The summed E-state index contributed by atoms with van der Waals surface area (Å²) in [6.45, 7) is 6.81. The SMILES string of the molecule is CC1(C)N([O-])C(c2ccc(C(=O)[O-])cc2)=[N+]([O-])C1(C)C.[Na+]. The van der Waals surface area contributed by atoms with E-state index >= 15 is 0 Å². The second-order valence-electron chi connectivity index (χ2n) is 5.90. The summed E-state index contributed by atoms with van der Waals surface area (Å²) < 4.78 is 0.689. The quantitative estimate of drug-likeness (QED) is 0.347. The summed E-state index contributed by atoms with van der Waals surface area (Å²) in [5, 5.41) is 36.2. The van der Waals surface area contributed by atoms with Gasteiger partial charge in [0.1, 0.15) is 11.1 Å². The molecule has 0 spiro atoms. The number of carboxylic acids is 1. The van der Waals surface area contributed by atoms with Crippen LogP contribution in [0.4, 0.5) is 0 Å². The maximum Gasteiger partial charge on any atom is 1.00 e. The Hall–Kier alpha value is -1.08. The summed E-state index contributed by atoms with van der Waals surface area (Å²) in [6, 6.07) is 5.51. The molecule has 1 aliphatic heterocycles. The van der Waals surface area contributed by atoms with E-state index in [9.17, 15) is 20.3 Å². The molecule has 108 valence electrons. The molecule has 0 N–H and O–H groups in total. The van der Waals surface area contributed by atoms with Crippen LogP contribution in [0.25, 0.3) is 0 Å². The van der Waals surface area contributed by atoms with Crippen LogP contribution in [0.15, 0.2) is 24.3 Å². The third-order valence-corrected chi connectivity index (χ3v) is 4.28. The van der Waals surface area contributed by atoms with Gasteiger partial charge in [0.2, 0.25) is 0 Å². The van der Waals surface area contributed by atoms with Crippen molar-refractivity contribution in [1.29, 1.82) is 0 Å². The summed E-state index contributed by atoms with van der Waals surface area (Å²) in [7, 11) is 0. The zero-order chi connectivity index (χ0) is 15.3. The molecule has 0 atom stereocenters. The number of rotatable bonds is 2. The monoisotopic (exact) mass is 299 g/mol. The number of aromatic carboxylic acids is 1. The second kappa shape index (κ2) is 5.61. The molecule has 0 radical (unpaired) electrons. The fraction of sp³-hybridized carbons (Fsp3) is 0.429. The van der Waals surface area contributed by atoms with Crippen LogP contribution in [-0.2, 0) is 0 Å². The number of nitrogens with zero attached hydrogens (tertiary/aromatic N) is 2. The van der Waals surface area contributed by atoms with Crippen LogP contribution in [0.1, 0.15) is 43.6 Å². The molecule has 1 aliphatic rings. The van der Waals surface area contributed by atoms with Gasteiger partial charge >= 0.3 is 29.6 Å². The number of carbonyl (C=O) groups is 1. The van der Waals surface area contributed by atoms with Crippen molar-refractivity contribution in [2.24, 2.45) is 0 Å². The topological polar surface area (TPSA) is 92.5 Å². The molecule has 1 aromatic carbocycles. The molecule has 7 heteroatoms. The van der Waals surface area contributed by atoms with Crippen molar-refractivity contribution in [3.63, 3.8) is 0 Å². The normalized spacial score (nSPS) is 19.4. The fourth-order valence-electron chi connectivity index (χ4n) is 2.10. The molecule has 0 aromatic heterocycles. The predicted octanol–water partition coefficient (Wildman–Crippen LogP) is -2.32. The summed E-state index contributed by atoms with van der Waals surface area (Å²) in [5.74, 6) is -1.31. The molecule has 0 amide bonds. The minimum atomic E-state index is -1.30. The molecule has 0 fully saturated rings. The zero-order valence-electron chi connectivity index (χ0n) is 12.8. The molecule has 0 saturated heterocycles. The van der Waals surface area contributed by atoms with Crippen molar-refractivity contribution >= 4 is 11.8 Å². The summed E-state index contributed by atoms with van der Waals surface area (Å²) >= 11 is 0. The van der Waals surface area contributed by atoms with Gasteiger partial charge in [0.15, 0.2) is 0 Å². The van der Waals surface area contributed by atoms with E-state index in [0.717, 1.165) is 0 Å². The van der Waals surface area contributed by atoms with E-state index < -0.39 is 17.0 Å². The Labute approximate surface area is 145 Å². The van der Waals surface area contributed by atoms with Gasteiger partial charge < -0.3 is 20.3 Å². The maximum absolute atomic E-state index is 12.4. The molecular weight excluding hydrogens is 283 g/mol. The Morgan fingerprint density at radius 2 is 1.62 bits per heavy atom. The molecule has 1 aromatic rings. The Morgan fingerprint density at radius 3 is 1.95 bits per heavy atom. The number of benzene rings is 1. The Morgan fingerprint density at radius 1 is 1.14 bits per heavy atom. The van der Waals surface area contributed by atoms with Gasteiger partial charge in [0.25, 0.3) is 5.84 Å². The number of hydrogen-bond acceptors (Lipinski definition) is 5. The standard InChI is InChI=1S/C14H17N2O4.Na/c1-13(2)14(3,4)16(20)11(15(13)19)9-5-7-10(8-6-9)12(17)18;/h5-8H,1-4H3,(H,17,18);/q-1;+1/p-1. The minimum absolute atomic E-state index is 0. The molecule has 0 bridgehead atoms. The van der Waals surface area contributed by atoms with Crippen molar-refractivity contribution in [3.8, 4) is 0 Å². The van der Waals surface area contributed by atoms with Crippen LogP contribution < -0.4 is 34.7 Å². The number of hydroxylamine groups is 3. The van der Waals surface area contributed by atoms with E-state index in [1.165, 1.54) is 24.3 Å². The molecular formula is C14H16N2NaO4-. The molecule has 21 heavy (non-hydrogen) atoms. The van der Waals surface area contributed by atoms with E-state index in [1.54, 1.807) is 27.7 Å². The average Bonchev–Trinajstić information content (AvgIpc) is 2.49. The van der Waals surface area contributed by atoms with Gasteiger partial charge in [-0.15, -0.1) is 0 Å². The number of carboxylic acid groups (broad SMARTS) is 1. The van der Waals surface area contributed by atoms with Crippen LogP contribution in [0.3, 0.4) is 0 Å². The van der Waals surface area contributed by atoms with Crippen LogP contribution in [0.2, 0.25) is 0 Å².